The molecule has 0 aliphatic rings. The van der Waals surface area contributed by atoms with Crippen LogP contribution in [-0.2, 0) is 0 Å². The summed E-state index contributed by atoms with van der Waals surface area (Å²) in [5, 5.41) is 19.8. The van der Waals surface area contributed by atoms with Crippen molar-refractivity contribution < 1.29 is 10.0 Å². The summed E-state index contributed by atoms with van der Waals surface area (Å²) in [6.07, 6.45) is -0.841. The maximum Gasteiger partial charge on any atom is 0.269 e. The smallest absolute Gasteiger partial charge is 0.269 e. The van der Waals surface area contributed by atoms with Gasteiger partial charge in [0.05, 0.1) is 17.1 Å². The molecule has 2 unspecified atom stereocenters. The summed E-state index contributed by atoms with van der Waals surface area (Å²) in [4.78, 5) is 9.89. The molecule has 0 saturated carbocycles. The van der Waals surface area contributed by atoms with Crippen LogP contribution in [0.5, 0.6) is 0 Å². The molecule has 0 radical (unpaired) electrons. The molecule has 0 bridgehead atoms. The molecule has 1 aromatic rings. The van der Waals surface area contributed by atoms with E-state index >= 15 is 0 Å². The number of nitrogens with two attached hydrogens (primary N) is 2. The Hall–Kier alpha value is -1.50. The van der Waals surface area contributed by atoms with E-state index in [4.69, 9.17) is 11.5 Å². The second kappa shape index (κ2) is 4.83. The zero-order valence-electron chi connectivity index (χ0n) is 8.04. The molecule has 0 spiro atoms. The van der Waals surface area contributed by atoms with Gasteiger partial charge in [-0.3, -0.25) is 10.1 Å². The molecule has 2 atom stereocenters. The SMILES string of the molecule is NCC(O)C(N)c1ccc([N+](=O)[O-])cc1. The fourth-order valence-corrected chi connectivity index (χ4v) is 1.19. The number of nitro benzene ring substituents is 1. The predicted octanol–water partition coefficient (Wildman–Crippen LogP) is -0.0858. The Morgan fingerprint density at radius 3 is 2.33 bits per heavy atom. The molecule has 6 nitrogen and oxygen atoms in total. The fourth-order valence-electron chi connectivity index (χ4n) is 1.19. The third-order valence-electron chi connectivity index (χ3n) is 2.14. The fraction of sp³-hybridized carbons (Fsp3) is 0.333. The number of benzene rings is 1. The Bertz CT molecular complexity index is 339. The van der Waals surface area contributed by atoms with Crippen molar-refractivity contribution in [1.29, 1.82) is 0 Å². The molecule has 0 saturated heterocycles. The van der Waals surface area contributed by atoms with Crippen LogP contribution in [0.2, 0.25) is 0 Å². The van der Waals surface area contributed by atoms with Crippen molar-refractivity contribution in [1.82, 2.24) is 0 Å². The highest BCUT2D eigenvalue weighted by Crippen LogP contribution is 2.18. The molecule has 0 fully saturated rings. The van der Waals surface area contributed by atoms with Crippen LogP contribution in [-0.4, -0.2) is 22.7 Å². The van der Waals surface area contributed by atoms with Gasteiger partial charge in [0.2, 0.25) is 0 Å². The summed E-state index contributed by atoms with van der Waals surface area (Å²) < 4.78 is 0. The van der Waals surface area contributed by atoms with Crippen LogP contribution in [0.4, 0.5) is 5.69 Å². The highest BCUT2D eigenvalue weighted by atomic mass is 16.6. The van der Waals surface area contributed by atoms with Crippen molar-refractivity contribution in [2.45, 2.75) is 12.1 Å². The summed E-state index contributed by atoms with van der Waals surface area (Å²) in [5.74, 6) is 0. The number of nitrogens with zero attached hydrogens (tertiary/aromatic N) is 1. The zero-order valence-corrected chi connectivity index (χ0v) is 8.04. The van der Waals surface area contributed by atoms with E-state index in [1.165, 1.54) is 24.3 Å². The van der Waals surface area contributed by atoms with Gasteiger partial charge in [-0.15, -0.1) is 0 Å². The molecule has 82 valence electrons. The van der Waals surface area contributed by atoms with Gasteiger partial charge >= 0.3 is 0 Å². The number of nitro groups is 1. The quantitative estimate of drug-likeness (QED) is 0.475. The van der Waals surface area contributed by atoms with Crippen LogP contribution >= 0.6 is 0 Å². The van der Waals surface area contributed by atoms with Crippen LogP contribution in [0.3, 0.4) is 0 Å². The molecule has 0 aromatic heterocycles. The van der Waals surface area contributed by atoms with E-state index in [9.17, 15) is 15.2 Å². The summed E-state index contributed by atoms with van der Waals surface area (Å²) in [5.41, 5.74) is 11.5. The van der Waals surface area contributed by atoms with E-state index in [2.05, 4.69) is 0 Å². The minimum atomic E-state index is -0.841. The molecule has 1 aromatic carbocycles. The van der Waals surface area contributed by atoms with E-state index in [1.54, 1.807) is 0 Å². The van der Waals surface area contributed by atoms with Gasteiger partial charge < -0.3 is 16.6 Å². The average molecular weight is 211 g/mol. The monoisotopic (exact) mass is 211 g/mol. The van der Waals surface area contributed by atoms with E-state index < -0.39 is 17.1 Å². The number of aliphatic hydroxyl groups excluding tert-OH is 1. The number of hydrogen-bond donors (Lipinski definition) is 3. The summed E-state index contributed by atoms with van der Waals surface area (Å²) in [6.45, 7) is 0.0537. The molecule has 0 aliphatic heterocycles. The number of non-ortho nitro benzene ring substituents is 1. The Kier molecular flexibility index (Phi) is 3.73. The van der Waals surface area contributed by atoms with Gasteiger partial charge in [0.1, 0.15) is 0 Å². The minimum absolute atomic E-state index is 0.00631. The first-order chi connectivity index (χ1) is 7.06. The molecule has 1 rings (SSSR count). The van der Waals surface area contributed by atoms with Crippen molar-refractivity contribution in [3.63, 3.8) is 0 Å². The normalized spacial score (nSPS) is 14.6. The number of rotatable bonds is 4. The van der Waals surface area contributed by atoms with Gasteiger partial charge in [0.25, 0.3) is 5.69 Å². The van der Waals surface area contributed by atoms with Crippen LogP contribution in [0.1, 0.15) is 11.6 Å². The highest BCUT2D eigenvalue weighted by molar-refractivity contribution is 5.34. The first-order valence-corrected chi connectivity index (χ1v) is 4.44. The van der Waals surface area contributed by atoms with Crippen LogP contribution in [0.15, 0.2) is 24.3 Å². The van der Waals surface area contributed by atoms with E-state index in [1.807, 2.05) is 0 Å². The van der Waals surface area contributed by atoms with Crippen LogP contribution < -0.4 is 11.5 Å². The second-order valence-electron chi connectivity index (χ2n) is 3.18. The average Bonchev–Trinajstić information content (AvgIpc) is 2.27. The van der Waals surface area contributed by atoms with Crippen molar-refractivity contribution >= 4 is 5.69 Å². The Labute approximate surface area is 86.7 Å². The minimum Gasteiger partial charge on any atom is -0.390 e. The maximum atomic E-state index is 10.4. The lowest BCUT2D eigenvalue weighted by Crippen LogP contribution is -2.32. The highest BCUT2D eigenvalue weighted by Gasteiger charge is 2.15. The molecule has 0 aliphatic carbocycles. The lowest BCUT2D eigenvalue weighted by Gasteiger charge is -2.16. The Balaban J connectivity index is 2.84. The van der Waals surface area contributed by atoms with Gasteiger partial charge in [-0.25, -0.2) is 0 Å². The predicted molar refractivity (Wildman–Crippen MR) is 55.1 cm³/mol. The third kappa shape index (κ3) is 2.72. The van der Waals surface area contributed by atoms with Crippen molar-refractivity contribution in [3.8, 4) is 0 Å². The van der Waals surface area contributed by atoms with Crippen molar-refractivity contribution in [2.24, 2.45) is 11.5 Å². The maximum absolute atomic E-state index is 10.4. The topological polar surface area (TPSA) is 115 Å². The lowest BCUT2D eigenvalue weighted by molar-refractivity contribution is -0.384. The van der Waals surface area contributed by atoms with Gasteiger partial charge in [-0.2, -0.15) is 0 Å². The number of hydrogen-bond acceptors (Lipinski definition) is 5. The molecular formula is C9H13N3O3. The standard InChI is InChI=1S/C9H13N3O3/c10-5-8(13)9(11)6-1-3-7(4-2-6)12(14)15/h1-4,8-9,13H,5,10-11H2. The lowest BCUT2D eigenvalue weighted by atomic mass is 10.0. The van der Waals surface area contributed by atoms with Crippen LogP contribution in [0, 0.1) is 10.1 Å². The van der Waals surface area contributed by atoms with E-state index in [-0.39, 0.29) is 12.2 Å². The summed E-state index contributed by atoms with van der Waals surface area (Å²) in [7, 11) is 0. The van der Waals surface area contributed by atoms with Gasteiger partial charge in [0, 0.05) is 18.7 Å². The first-order valence-electron chi connectivity index (χ1n) is 4.44. The van der Waals surface area contributed by atoms with Crippen molar-refractivity contribution in [2.75, 3.05) is 6.54 Å². The molecule has 0 amide bonds. The van der Waals surface area contributed by atoms with Gasteiger partial charge in [-0.05, 0) is 5.56 Å². The largest absolute Gasteiger partial charge is 0.390 e. The van der Waals surface area contributed by atoms with Gasteiger partial charge in [-0.1, -0.05) is 12.1 Å². The Morgan fingerprint density at radius 1 is 1.40 bits per heavy atom. The number of aliphatic hydroxyl groups is 1. The van der Waals surface area contributed by atoms with Crippen molar-refractivity contribution in [3.05, 3.63) is 39.9 Å². The summed E-state index contributed by atoms with van der Waals surface area (Å²) in [6, 6.07) is 5.11. The zero-order chi connectivity index (χ0) is 11.4. The van der Waals surface area contributed by atoms with E-state index in [0.29, 0.717) is 5.56 Å². The molecular weight excluding hydrogens is 198 g/mol. The Morgan fingerprint density at radius 2 is 1.93 bits per heavy atom. The molecule has 15 heavy (non-hydrogen) atoms. The van der Waals surface area contributed by atoms with E-state index in [0.717, 1.165) is 0 Å². The summed E-state index contributed by atoms with van der Waals surface area (Å²) >= 11 is 0. The second-order valence-corrected chi connectivity index (χ2v) is 3.18. The van der Waals surface area contributed by atoms with Crippen LogP contribution in [0.25, 0.3) is 0 Å². The molecule has 6 heteroatoms. The third-order valence-corrected chi connectivity index (χ3v) is 2.14. The molecule has 5 N–H and O–H groups in total. The first kappa shape index (κ1) is 11.6. The molecule has 0 heterocycles. The van der Waals surface area contributed by atoms with Gasteiger partial charge in [0.15, 0.2) is 0 Å².